The number of carbonyl (C=O) groups excluding carboxylic acids is 2. The number of rotatable bonds is 3. The molecule has 0 bridgehead atoms. The molecule has 0 saturated carbocycles. The van der Waals surface area contributed by atoms with Crippen LogP contribution in [-0.2, 0) is 6.18 Å². The third-order valence-corrected chi connectivity index (χ3v) is 5.86. The van der Waals surface area contributed by atoms with Gasteiger partial charge in [0.25, 0.3) is 11.8 Å². The second kappa shape index (κ2) is 9.05. The van der Waals surface area contributed by atoms with E-state index in [4.69, 9.17) is 11.6 Å². The molecule has 0 N–H and O–H groups in total. The fourth-order valence-electron chi connectivity index (χ4n) is 3.65. The number of piperazine rings is 1. The van der Waals surface area contributed by atoms with Crippen molar-refractivity contribution < 1.29 is 27.2 Å². The van der Waals surface area contributed by atoms with Gasteiger partial charge in [0.05, 0.1) is 33.6 Å². The molecule has 0 atom stereocenters. The summed E-state index contributed by atoms with van der Waals surface area (Å²) in [6, 6.07) is 5.63. The molecule has 0 unspecified atom stereocenters. The molecule has 1 fully saturated rings. The first-order chi connectivity index (χ1) is 16.1. The lowest BCUT2D eigenvalue weighted by Gasteiger charge is -2.35. The lowest BCUT2D eigenvalue weighted by Crippen LogP contribution is -2.50. The Morgan fingerprint density at radius 1 is 0.941 bits per heavy atom. The number of halogens is 5. The molecule has 4 rings (SSSR count). The van der Waals surface area contributed by atoms with E-state index < -0.39 is 17.6 Å². The molecule has 0 spiro atoms. The summed E-state index contributed by atoms with van der Waals surface area (Å²) < 4.78 is 52.9. The third-order valence-electron chi connectivity index (χ3n) is 5.55. The van der Waals surface area contributed by atoms with Crippen LogP contribution in [0, 0.1) is 12.7 Å². The molecule has 1 saturated heterocycles. The van der Waals surface area contributed by atoms with Gasteiger partial charge < -0.3 is 9.80 Å². The molecule has 3 heterocycles. The van der Waals surface area contributed by atoms with E-state index in [-0.39, 0.29) is 60.0 Å². The van der Waals surface area contributed by atoms with Gasteiger partial charge in [-0.1, -0.05) is 11.6 Å². The Balaban J connectivity index is 1.44. The van der Waals surface area contributed by atoms with Gasteiger partial charge in [0, 0.05) is 32.4 Å². The van der Waals surface area contributed by atoms with E-state index in [1.165, 1.54) is 27.9 Å². The van der Waals surface area contributed by atoms with Gasteiger partial charge in [-0.2, -0.15) is 18.3 Å². The molecule has 1 aliphatic heterocycles. The number of carbonyl (C=O) groups is 2. The molecule has 0 radical (unpaired) electrons. The van der Waals surface area contributed by atoms with Gasteiger partial charge in [-0.05, 0) is 37.3 Å². The summed E-state index contributed by atoms with van der Waals surface area (Å²) in [6.07, 6.45) is -2.45. The number of benzene rings is 1. The first-order valence-electron chi connectivity index (χ1n) is 10.2. The number of nitrogens with zero attached hydrogens (tertiary/aromatic N) is 5. The van der Waals surface area contributed by atoms with E-state index >= 15 is 0 Å². The first kappa shape index (κ1) is 23.7. The quantitative estimate of drug-likeness (QED) is 0.515. The second-order valence-corrected chi connectivity index (χ2v) is 8.07. The van der Waals surface area contributed by atoms with Crippen molar-refractivity contribution in [3.8, 4) is 5.82 Å². The van der Waals surface area contributed by atoms with Crippen molar-refractivity contribution in [2.75, 3.05) is 26.2 Å². The number of aromatic nitrogens is 3. The zero-order valence-electron chi connectivity index (χ0n) is 17.8. The molecule has 1 aromatic carbocycles. The summed E-state index contributed by atoms with van der Waals surface area (Å²) in [6.45, 7) is 2.65. The molecule has 2 aromatic heterocycles. The van der Waals surface area contributed by atoms with E-state index in [9.17, 15) is 27.2 Å². The minimum atomic E-state index is -4.50. The Bertz CT molecular complexity index is 1240. The Morgan fingerprint density at radius 2 is 1.56 bits per heavy atom. The molecule has 2 amide bonds. The monoisotopic (exact) mass is 495 g/mol. The normalized spacial score (nSPS) is 14.4. The van der Waals surface area contributed by atoms with Gasteiger partial charge in [0.1, 0.15) is 5.82 Å². The summed E-state index contributed by atoms with van der Waals surface area (Å²) in [4.78, 5) is 32.6. The predicted molar refractivity (Wildman–Crippen MR) is 114 cm³/mol. The van der Waals surface area contributed by atoms with E-state index in [1.54, 1.807) is 11.8 Å². The van der Waals surface area contributed by atoms with Crippen LogP contribution in [0.25, 0.3) is 5.82 Å². The topological polar surface area (TPSA) is 71.3 Å². The molecule has 178 valence electrons. The van der Waals surface area contributed by atoms with Gasteiger partial charge in [0.15, 0.2) is 5.82 Å². The average molecular weight is 496 g/mol. The number of amides is 2. The van der Waals surface area contributed by atoms with Gasteiger partial charge in [-0.15, -0.1) is 0 Å². The van der Waals surface area contributed by atoms with Crippen molar-refractivity contribution >= 4 is 23.4 Å². The van der Waals surface area contributed by atoms with Gasteiger partial charge >= 0.3 is 6.18 Å². The van der Waals surface area contributed by atoms with Crippen LogP contribution in [0.5, 0.6) is 0 Å². The average Bonchev–Trinajstić information content (AvgIpc) is 3.19. The van der Waals surface area contributed by atoms with E-state index in [2.05, 4.69) is 10.1 Å². The lowest BCUT2D eigenvalue weighted by atomic mass is 10.1. The van der Waals surface area contributed by atoms with Gasteiger partial charge in [0.2, 0.25) is 0 Å². The summed E-state index contributed by atoms with van der Waals surface area (Å²) in [5.74, 6) is -1.06. The van der Waals surface area contributed by atoms with Crippen LogP contribution in [0.4, 0.5) is 17.6 Å². The highest BCUT2D eigenvalue weighted by atomic mass is 35.5. The molecule has 34 heavy (non-hydrogen) atoms. The smallest absolute Gasteiger partial charge is 0.335 e. The van der Waals surface area contributed by atoms with Crippen LogP contribution < -0.4 is 0 Å². The van der Waals surface area contributed by atoms with Crippen molar-refractivity contribution in [3.63, 3.8) is 0 Å². The Labute approximate surface area is 196 Å². The van der Waals surface area contributed by atoms with Crippen molar-refractivity contribution in [2.45, 2.75) is 13.1 Å². The Kier molecular flexibility index (Phi) is 6.30. The fourth-order valence-corrected chi connectivity index (χ4v) is 3.89. The fraction of sp³-hybridized carbons (Fsp3) is 0.273. The summed E-state index contributed by atoms with van der Waals surface area (Å²) in [7, 11) is 0. The maximum Gasteiger partial charge on any atom is 0.417 e. The maximum atomic E-state index is 13.3. The zero-order chi connectivity index (χ0) is 24.6. The first-order valence-corrected chi connectivity index (χ1v) is 10.6. The SMILES string of the molecule is Cc1c(C(=O)N2CCN(C(=O)c3ccc(F)cc3Cl)CC2)cnn1-c1ccc(C(F)(F)F)cn1. The van der Waals surface area contributed by atoms with Crippen molar-refractivity contribution in [3.05, 3.63) is 75.9 Å². The molecule has 1 aliphatic rings. The second-order valence-electron chi connectivity index (χ2n) is 7.67. The number of alkyl halides is 3. The molecular weight excluding hydrogens is 478 g/mol. The van der Waals surface area contributed by atoms with Crippen LogP contribution in [0.15, 0.2) is 42.7 Å². The number of pyridine rings is 1. The minimum absolute atomic E-state index is 0.0171. The molecule has 3 aromatic rings. The van der Waals surface area contributed by atoms with Crippen LogP contribution in [0.2, 0.25) is 5.02 Å². The molecule has 12 heteroatoms. The molecule has 7 nitrogen and oxygen atoms in total. The van der Waals surface area contributed by atoms with E-state index in [1.807, 2.05) is 0 Å². The summed E-state index contributed by atoms with van der Waals surface area (Å²) >= 11 is 5.98. The maximum absolute atomic E-state index is 13.3. The predicted octanol–water partition coefficient (Wildman–Crippen LogP) is 3.99. The Hall–Kier alpha value is -3.47. The lowest BCUT2D eigenvalue weighted by molar-refractivity contribution is -0.137. The van der Waals surface area contributed by atoms with Crippen LogP contribution in [-0.4, -0.2) is 62.6 Å². The zero-order valence-corrected chi connectivity index (χ0v) is 18.6. The van der Waals surface area contributed by atoms with Crippen LogP contribution in [0.3, 0.4) is 0 Å². The largest absolute Gasteiger partial charge is 0.417 e. The van der Waals surface area contributed by atoms with Gasteiger partial charge in [-0.3, -0.25) is 9.59 Å². The minimum Gasteiger partial charge on any atom is -0.335 e. The van der Waals surface area contributed by atoms with Crippen LogP contribution >= 0.6 is 11.6 Å². The number of hydrogen-bond donors (Lipinski definition) is 0. The Morgan fingerprint density at radius 3 is 2.09 bits per heavy atom. The highest BCUT2D eigenvalue weighted by Crippen LogP contribution is 2.29. The van der Waals surface area contributed by atoms with E-state index in [0.29, 0.717) is 11.9 Å². The molecule has 0 aliphatic carbocycles. The van der Waals surface area contributed by atoms with Crippen molar-refractivity contribution in [1.29, 1.82) is 0 Å². The standard InChI is InChI=1S/C22H18ClF4N5O2/c1-13-17(12-29-32(13)19-5-2-14(11-28-19)22(25,26)27)21(34)31-8-6-30(7-9-31)20(33)16-4-3-15(24)10-18(16)23/h2-5,10-12H,6-9H2,1H3. The van der Waals surface area contributed by atoms with E-state index in [0.717, 1.165) is 18.2 Å². The third kappa shape index (κ3) is 4.60. The molecular formula is C22H18ClF4N5O2. The highest BCUT2D eigenvalue weighted by molar-refractivity contribution is 6.33. The van der Waals surface area contributed by atoms with Crippen molar-refractivity contribution in [2.24, 2.45) is 0 Å². The number of hydrogen-bond acceptors (Lipinski definition) is 4. The van der Waals surface area contributed by atoms with Gasteiger partial charge in [-0.25, -0.2) is 14.1 Å². The van der Waals surface area contributed by atoms with Crippen LogP contribution in [0.1, 0.15) is 32.0 Å². The summed E-state index contributed by atoms with van der Waals surface area (Å²) in [5, 5.41) is 4.13. The van der Waals surface area contributed by atoms with Crippen molar-refractivity contribution in [1.82, 2.24) is 24.6 Å². The highest BCUT2D eigenvalue weighted by Gasteiger charge is 2.31. The summed E-state index contributed by atoms with van der Waals surface area (Å²) in [5.41, 5.74) is 0.00706.